The van der Waals surface area contributed by atoms with Crippen molar-refractivity contribution >= 4 is 23.0 Å². The molecular weight excluding hydrogens is 596 g/mol. The SMILES string of the molecule is COc1cccc2c1C(=O)c1c(O)c3c(c(O)c1C2=O)C[C@@](O)(C(C)=O)C[C@@H]3O[C@H]1C[C@H](NCc2ccc(N)cc2)[C@H](O)[C@H](C)O1. The van der Waals surface area contributed by atoms with Gasteiger partial charge in [-0.2, -0.15) is 0 Å². The Kier molecular flexibility index (Phi) is 8.11. The number of aromatic hydroxyl groups is 2. The third kappa shape index (κ3) is 5.21. The molecule has 1 heterocycles. The van der Waals surface area contributed by atoms with Gasteiger partial charge in [0.25, 0.3) is 0 Å². The number of phenolic OH excluding ortho intramolecular Hbond substituents is 2. The molecule has 12 nitrogen and oxygen atoms in total. The number of phenols is 2. The van der Waals surface area contributed by atoms with Crippen LogP contribution in [0.2, 0.25) is 0 Å². The molecule has 0 bridgehead atoms. The Labute approximate surface area is 264 Å². The Balaban J connectivity index is 1.38. The van der Waals surface area contributed by atoms with Crippen LogP contribution in [0.4, 0.5) is 5.69 Å². The molecule has 3 aromatic carbocycles. The molecule has 0 radical (unpaired) electrons. The second-order valence-corrected chi connectivity index (χ2v) is 12.2. The molecule has 2 aliphatic carbocycles. The molecule has 242 valence electrons. The van der Waals surface area contributed by atoms with Crippen LogP contribution in [0.15, 0.2) is 42.5 Å². The van der Waals surface area contributed by atoms with E-state index in [9.17, 15) is 34.8 Å². The fraction of sp³-hybridized carbons (Fsp3) is 0.382. The number of nitrogens with two attached hydrogens (primary N) is 1. The van der Waals surface area contributed by atoms with E-state index >= 15 is 0 Å². The zero-order valence-corrected chi connectivity index (χ0v) is 25.6. The maximum atomic E-state index is 13.8. The molecule has 0 saturated carbocycles. The van der Waals surface area contributed by atoms with Gasteiger partial charge in [0, 0.05) is 54.2 Å². The Morgan fingerprint density at radius 1 is 1.07 bits per heavy atom. The second kappa shape index (κ2) is 11.8. The van der Waals surface area contributed by atoms with Crippen LogP contribution in [0.25, 0.3) is 0 Å². The fourth-order valence-corrected chi connectivity index (χ4v) is 6.71. The van der Waals surface area contributed by atoms with Gasteiger partial charge in [-0.05, 0) is 37.6 Å². The number of hydrogen-bond acceptors (Lipinski definition) is 12. The molecule has 1 aliphatic heterocycles. The highest BCUT2D eigenvalue weighted by molar-refractivity contribution is 6.31. The molecule has 7 N–H and O–H groups in total. The van der Waals surface area contributed by atoms with Gasteiger partial charge in [0.2, 0.25) is 5.78 Å². The van der Waals surface area contributed by atoms with E-state index in [0.717, 1.165) is 5.56 Å². The normalized spacial score (nSPS) is 27.0. The number of nitrogens with one attached hydrogen (secondary N) is 1. The summed E-state index contributed by atoms with van der Waals surface area (Å²) in [6, 6.07) is 11.2. The van der Waals surface area contributed by atoms with E-state index in [1.54, 1.807) is 19.1 Å². The van der Waals surface area contributed by atoms with Crippen LogP contribution >= 0.6 is 0 Å². The van der Waals surface area contributed by atoms with Gasteiger partial charge in [-0.15, -0.1) is 0 Å². The van der Waals surface area contributed by atoms with Gasteiger partial charge in [-0.25, -0.2) is 0 Å². The maximum absolute atomic E-state index is 13.8. The minimum Gasteiger partial charge on any atom is -0.507 e. The molecule has 46 heavy (non-hydrogen) atoms. The maximum Gasteiger partial charge on any atom is 0.202 e. The predicted octanol–water partition coefficient (Wildman–Crippen LogP) is 2.44. The van der Waals surface area contributed by atoms with Crippen molar-refractivity contribution in [1.82, 2.24) is 5.32 Å². The number of ketones is 3. The first-order valence-electron chi connectivity index (χ1n) is 15.0. The first-order chi connectivity index (χ1) is 21.8. The van der Waals surface area contributed by atoms with Crippen molar-refractivity contribution < 1.29 is 49.0 Å². The van der Waals surface area contributed by atoms with E-state index in [1.807, 2.05) is 12.1 Å². The first kappa shape index (κ1) is 31.6. The minimum atomic E-state index is -2.02. The van der Waals surface area contributed by atoms with Gasteiger partial charge < -0.3 is 45.7 Å². The number of methoxy groups -OCH3 is 1. The summed E-state index contributed by atoms with van der Waals surface area (Å²) < 4.78 is 17.6. The summed E-state index contributed by atoms with van der Waals surface area (Å²) in [5.74, 6) is -3.17. The number of rotatable bonds is 7. The van der Waals surface area contributed by atoms with E-state index in [4.69, 9.17) is 19.9 Å². The van der Waals surface area contributed by atoms with Crippen LogP contribution < -0.4 is 15.8 Å². The number of Topliss-reactive ketones (excluding diaryl/α,β-unsaturated/α-hetero) is 1. The average Bonchev–Trinajstić information content (AvgIpc) is 3.02. The Bertz CT molecular complexity index is 1740. The standard InChI is InChI=1S/C34H36N2O10/c1-15-29(38)21(36-14-17-7-9-18(35)10-8-17)11-24(45-15)46-23-13-34(43,16(2)37)12-20-26(23)33(42)28-27(31(20)40)30(39)19-5-4-6-22(44-3)25(19)32(28)41/h4-10,15,21,23-24,29,36,38,40,42-43H,11-14,35H2,1-3H3/t15-,21-,23-,24-,29+,34-/m0/s1. The van der Waals surface area contributed by atoms with Gasteiger partial charge in [0.15, 0.2) is 17.9 Å². The predicted molar refractivity (Wildman–Crippen MR) is 164 cm³/mol. The summed E-state index contributed by atoms with van der Waals surface area (Å²) in [6.45, 7) is 3.29. The summed E-state index contributed by atoms with van der Waals surface area (Å²) in [4.78, 5) is 40.2. The summed E-state index contributed by atoms with van der Waals surface area (Å²) in [6.07, 6.45) is -4.45. The first-order valence-corrected chi connectivity index (χ1v) is 15.0. The Morgan fingerprint density at radius 3 is 2.43 bits per heavy atom. The van der Waals surface area contributed by atoms with Gasteiger partial charge >= 0.3 is 0 Å². The number of hydrogen-bond donors (Lipinski definition) is 6. The fourth-order valence-electron chi connectivity index (χ4n) is 6.71. The average molecular weight is 633 g/mol. The van der Waals surface area contributed by atoms with E-state index in [2.05, 4.69) is 5.32 Å². The lowest BCUT2D eigenvalue weighted by Gasteiger charge is -2.43. The summed E-state index contributed by atoms with van der Waals surface area (Å²) in [5, 5.41) is 48.9. The Morgan fingerprint density at radius 2 is 1.76 bits per heavy atom. The molecule has 0 spiro atoms. The number of aliphatic hydroxyl groups excluding tert-OH is 1. The van der Waals surface area contributed by atoms with Gasteiger partial charge in [0.05, 0.1) is 42.1 Å². The smallest absolute Gasteiger partial charge is 0.202 e. The van der Waals surface area contributed by atoms with Crippen molar-refractivity contribution in [3.8, 4) is 17.2 Å². The number of carbonyl (C=O) groups excluding carboxylic acids is 3. The largest absolute Gasteiger partial charge is 0.507 e. The Hall–Kier alpha value is -4.33. The number of fused-ring (bicyclic) bond motifs is 3. The molecule has 1 fully saturated rings. The van der Waals surface area contributed by atoms with Gasteiger partial charge in [-0.1, -0.05) is 24.3 Å². The molecule has 3 aliphatic rings. The number of ether oxygens (including phenoxy) is 3. The molecule has 0 aromatic heterocycles. The van der Waals surface area contributed by atoms with Gasteiger partial charge in [-0.3, -0.25) is 14.4 Å². The zero-order valence-electron chi connectivity index (χ0n) is 25.6. The number of aliphatic hydroxyl groups is 2. The number of anilines is 1. The molecule has 6 rings (SSSR count). The zero-order chi connectivity index (χ0) is 33.1. The van der Waals surface area contributed by atoms with Crippen LogP contribution in [0.5, 0.6) is 17.2 Å². The monoisotopic (exact) mass is 632 g/mol. The lowest BCUT2D eigenvalue weighted by atomic mass is 9.72. The van der Waals surface area contributed by atoms with E-state index in [0.29, 0.717) is 12.2 Å². The number of carbonyl (C=O) groups is 3. The topological polar surface area (TPSA) is 198 Å². The molecule has 12 heteroatoms. The highest BCUT2D eigenvalue weighted by Gasteiger charge is 2.49. The van der Waals surface area contributed by atoms with Crippen molar-refractivity contribution in [2.75, 3.05) is 12.8 Å². The lowest BCUT2D eigenvalue weighted by molar-refractivity contribution is -0.249. The van der Waals surface area contributed by atoms with E-state index < -0.39 is 82.6 Å². The van der Waals surface area contributed by atoms with Crippen molar-refractivity contribution in [1.29, 1.82) is 0 Å². The van der Waals surface area contributed by atoms with Crippen LogP contribution in [-0.4, -0.2) is 75.0 Å². The quantitative estimate of drug-likeness (QED) is 0.129. The van der Waals surface area contributed by atoms with E-state index in [1.165, 1.54) is 32.2 Å². The second-order valence-electron chi connectivity index (χ2n) is 12.2. The van der Waals surface area contributed by atoms with E-state index in [-0.39, 0.29) is 40.8 Å². The molecule has 0 unspecified atom stereocenters. The summed E-state index contributed by atoms with van der Waals surface area (Å²) in [5.41, 5.74) is 4.29. The third-order valence-electron chi connectivity index (χ3n) is 9.30. The third-order valence-corrected chi connectivity index (χ3v) is 9.30. The highest BCUT2D eigenvalue weighted by Crippen LogP contribution is 2.52. The minimum absolute atomic E-state index is 0.0161. The van der Waals surface area contributed by atoms with Crippen LogP contribution in [0, 0.1) is 0 Å². The van der Waals surface area contributed by atoms with Crippen molar-refractivity contribution in [2.45, 2.75) is 75.9 Å². The molecule has 0 amide bonds. The summed E-state index contributed by atoms with van der Waals surface area (Å²) in [7, 11) is 1.35. The molecule has 3 aromatic rings. The molecule has 6 atom stereocenters. The van der Waals surface area contributed by atoms with Crippen molar-refractivity contribution in [3.63, 3.8) is 0 Å². The number of nitrogen functional groups attached to an aromatic ring is 1. The molecular formula is C34H36N2O10. The highest BCUT2D eigenvalue weighted by atomic mass is 16.7. The van der Waals surface area contributed by atoms with Crippen LogP contribution in [0.3, 0.4) is 0 Å². The van der Waals surface area contributed by atoms with Crippen molar-refractivity contribution in [2.24, 2.45) is 0 Å². The van der Waals surface area contributed by atoms with Gasteiger partial charge in [0.1, 0.15) is 22.8 Å². The lowest BCUT2D eigenvalue weighted by Crippen LogP contribution is -2.54. The number of benzene rings is 3. The van der Waals surface area contributed by atoms with Crippen LogP contribution in [-0.2, 0) is 27.2 Å². The summed E-state index contributed by atoms with van der Waals surface area (Å²) >= 11 is 0. The van der Waals surface area contributed by atoms with Crippen LogP contribution in [0.1, 0.15) is 81.3 Å². The molecule has 1 saturated heterocycles. The van der Waals surface area contributed by atoms with Crippen molar-refractivity contribution in [3.05, 3.63) is 81.4 Å².